The van der Waals surface area contributed by atoms with Gasteiger partial charge in [0, 0.05) is 18.7 Å². The van der Waals surface area contributed by atoms with E-state index in [2.05, 4.69) is 15.4 Å². The SMILES string of the molecule is CCCn1c(NC(=O)c2cc(C)nn2CC)nc2cc(C(N)=O)cc(OCC)c21. The maximum absolute atomic E-state index is 12.9. The van der Waals surface area contributed by atoms with Crippen molar-refractivity contribution in [1.82, 2.24) is 19.3 Å². The molecule has 154 valence electrons. The first-order valence-corrected chi connectivity index (χ1v) is 9.72. The number of aromatic nitrogens is 4. The van der Waals surface area contributed by atoms with Gasteiger partial charge >= 0.3 is 0 Å². The highest BCUT2D eigenvalue weighted by Crippen LogP contribution is 2.31. The minimum Gasteiger partial charge on any atom is -0.492 e. The van der Waals surface area contributed by atoms with Crippen molar-refractivity contribution in [3.8, 4) is 5.75 Å². The second-order valence-corrected chi connectivity index (χ2v) is 6.67. The van der Waals surface area contributed by atoms with Gasteiger partial charge in [-0.2, -0.15) is 5.10 Å². The average Bonchev–Trinajstić information content (AvgIpc) is 3.22. The minimum absolute atomic E-state index is 0.298. The summed E-state index contributed by atoms with van der Waals surface area (Å²) in [5.41, 5.74) is 8.24. The van der Waals surface area contributed by atoms with Gasteiger partial charge in [0.15, 0.2) is 0 Å². The number of primary amides is 1. The number of imidazole rings is 1. The van der Waals surface area contributed by atoms with E-state index >= 15 is 0 Å². The number of aryl methyl sites for hydroxylation is 3. The summed E-state index contributed by atoms with van der Waals surface area (Å²) in [6.45, 7) is 9.29. The van der Waals surface area contributed by atoms with Gasteiger partial charge in [0.2, 0.25) is 11.9 Å². The number of ether oxygens (including phenoxy) is 1. The number of nitrogens with zero attached hydrogens (tertiary/aromatic N) is 4. The summed E-state index contributed by atoms with van der Waals surface area (Å²) in [5.74, 6) is 0.0321. The Labute approximate surface area is 168 Å². The number of benzene rings is 1. The summed E-state index contributed by atoms with van der Waals surface area (Å²) >= 11 is 0. The Bertz CT molecular complexity index is 1070. The van der Waals surface area contributed by atoms with Crippen molar-refractivity contribution < 1.29 is 14.3 Å². The summed E-state index contributed by atoms with van der Waals surface area (Å²) in [6.07, 6.45) is 0.823. The van der Waals surface area contributed by atoms with Crippen LogP contribution in [0.4, 0.5) is 5.95 Å². The van der Waals surface area contributed by atoms with Crippen LogP contribution in [0.15, 0.2) is 18.2 Å². The van der Waals surface area contributed by atoms with Crippen LogP contribution in [0.1, 0.15) is 53.7 Å². The molecule has 0 spiro atoms. The van der Waals surface area contributed by atoms with E-state index in [0.717, 1.165) is 12.1 Å². The molecule has 0 saturated heterocycles. The fraction of sp³-hybridized carbons (Fsp3) is 0.400. The highest BCUT2D eigenvalue weighted by molar-refractivity contribution is 6.04. The van der Waals surface area contributed by atoms with Gasteiger partial charge in [0.1, 0.15) is 17.0 Å². The first kappa shape index (κ1) is 20.4. The zero-order valence-corrected chi connectivity index (χ0v) is 17.2. The maximum atomic E-state index is 12.9. The van der Waals surface area contributed by atoms with E-state index in [9.17, 15) is 9.59 Å². The second kappa shape index (κ2) is 8.34. The lowest BCUT2D eigenvalue weighted by molar-refractivity contribution is 0.0995. The van der Waals surface area contributed by atoms with Crippen LogP contribution in [0, 0.1) is 6.92 Å². The Morgan fingerprint density at radius 2 is 1.97 bits per heavy atom. The Balaban J connectivity index is 2.11. The molecule has 3 aromatic rings. The molecule has 0 saturated carbocycles. The van der Waals surface area contributed by atoms with Crippen LogP contribution in [0.5, 0.6) is 5.75 Å². The van der Waals surface area contributed by atoms with Gasteiger partial charge in [0.25, 0.3) is 5.91 Å². The molecule has 9 heteroatoms. The summed E-state index contributed by atoms with van der Waals surface area (Å²) in [6, 6.07) is 4.97. The number of fused-ring (bicyclic) bond motifs is 1. The average molecular weight is 398 g/mol. The van der Waals surface area contributed by atoms with Crippen molar-refractivity contribution in [3.63, 3.8) is 0 Å². The Kier molecular flexibility index (Phi) is 5.86. The molecule has 0 fully saturated rings. The molecular weight excluding hydrogens is 372 g/mol. The van der Waals surface area contributed by atoms with E-state index in [1.165, 1.54) is 0 Å². The number of nitrogens with one attached hydrogen (secondary N) is 1. The first-order valence-electron chi connectivity index (χ1n) is 9.72. The third-order valence-electron chi connectivity index (χ3n) is 4.50. The molecule has 3 rings (SSSR count). The molecule has 29 heavy (non-hydrogen) atoms. The molecule has 0 bridgehead atoms. The normalized spacial score (nSPS) is 11.0. The number of anilines is 1. The molecule has 0 radical (unpaired) electrons. The molecule has 0 aliphatic heterocycles. The molecule has 0 unspecified atom stereocenters. The van der Waals surface area contributed by atoms with Gasteiger partial charge in [-0.3, -0.25) is 19.6 Å². The van der Waals surface area contributed by atoms with E-state index in [0.29, 0.717) is 53.7 Å². The number of carbonyl (C=O) groups excluding carboxylic acids is 2. The molecule has 0 aliphatic carbocycles. The molecule has 0 aliphatic rings. The molecule has 1 aromatic carbocycles. The Morgan fingerprint density at radius 1 is 1.21 bits per heavy atom. The van der Waals surface area contributed by atoms with Crippen molar-refractivity contribution in [3.05, 3.63) is 35.2 Å². The van der Waals surface area contributed by atoms with E-state index in [4.69, 9.17) is 10.5 Å². The zero-order chi connectivity index (χ0) is 21.1. The number of hydrogen-bond donors (Lipinski definition) is 2. The van der Waals surface area contributed by atoms with Gasteiger partial charge in [-0.25, -0.2) is 4.98 Å². The lowest BCUT2D eigenvalue weighted by Crippen LogP contribution is -2.20. The monoisotopic (exact) mass is 398 g/mol. The van der Waals surface area contributed by atoms with Gasteiger partial charge in [0.05, 0.1) is 17.8 Å². The predicted molar refractivity (Wildman–Crippen MR) is 110 cm³/mol. The highest BCUT2D eigenvalue weighted by atomic mass is 16.5. The van der Waals surface area contributed by atoms with E-state index in [1.54, 1.807) is 22.9 Å². The molecule has 0 atom stereocenters. The smallest absolute Gasteiger partial charge is 0.276 e. The van der Waals surface area contributed by atoms with Crippen molar-refractivity contribution in [2.24, 2.45) is 5.73 Å². The molecule has 3 N–H and O–H groups in total. The number of rotatable bonds is 8. The van der Waals surface area contributed by atoms with Crippen LogP contribution in [-0.2, 0) is 13.1 Å². The lowest BCUT2D eigenvalue weighted by Gasteiger charge is -2.12. The van der Waals surface area contributed by atoms with Crippen LogP contribution in [0.25, 0.3) is 11.0 Å². The summed E-state index contributed by atoms with van der Waals surface area (Å²) in [7, 11) is 0. The van der Waals surface area contributed by atoms with Gasteiger partial charge < -0.3 is 15.0 Å². The summed E-state index contributed by atoms with van der Waals surface area (Å²) < 4.78 is 9.28. The second-order valence-electron chi connectivity index (χ2n) is 6.67. The first-order chi connectivity index (χ1) is 13.9. The molecule has 2 amide bonds. The lowest BCUT2D eigenvalue weighted by atomic mass is 10.1. The number of nitrogens with two attached hydrogens (primary N) is 1. The number of carbonyl (C=O) groups is 2. The summed E-state index contributed by atoms with van der Waals surface area (Å²) in [4.78, 5) is 29.2. The van der Waals surface area contributed by atoms with Crippen molar-refractivity contribution in [2.45, 2.75) is 47.2 Å². The van der Waals surface area contributed by atoms with Gasteiger partial charge in [-0.1, -0.05) is 6.92 Å². The zero-order valence-electron chi connectivity index (χ0n) is 17.2. The van der Waals surface area contributed by atoms with Crippen molar-refractivity contribution in [1.29, 1.82) is 0 Å². The van der Waals surface area contributed by atoms with Crippen LogP contribution >= 0.6 is 0 Å². The van der Waals surface area contributed by atoms with Crippen molar-refractivity contribution in [2.75, 3.05) is 11.9 Å². The molecule has 2 heterocycles. The van der Waals surface area contributed by atoms with Crippen LogP contribution in [-0.4, -0.2) is 37.8 Å². The number of amides is 2. The minimum atomic E-state index is -0.564. The fourth-order valence-electron chi connectivity index (χ4n) is 3.31. The third-order valence-corrected chi connectivity index (χ3v) is 4.50. The Morgan fingerprint density at radius 3 is 2.59 bits per heavy atom. The standard InChI is InChI=1S/C20H26N6O3/c1-5-8-25-17-14(10-13(18(21)27)11-16(17)29-7-3)22-20(25)23-19(28)15-9-12(4)24-26(15)6-2/h9-11H,5-8H2,1-4H3,(H2,21,27)(H,22,23,28). The largest absolute Gasteiger partial charge is 0.492 e. The predicted octanol–water partition coefficient (Wildman–Crippen LogP) is 2.72. The van der Waals surface area contributed by atoms with E-state index < -0.39 is 5.91 Å². The van der Waals surface area contributed by atoms with Gasteiger partial charge in [-0.15, -0.1) is 0 Å². The number of hydrogen-bond acceptors (Lipinski definition) is 5. The topological polar surface area (TPSA) is 117 Å². The van der Waals surface area contributed by atoms with E-state index in [-0.39, 0.29) is 5.91 Å². The van der Waals surface area contributed by atoms with Gasteiger partial charge in [-0.05, 0) is 45.4 Å². The highest BCUT2D eigenvalue weighted by Gasteiger charge is 2.21. The molecule has 2 aromatic heterocycles. The van der Waals surface area contributed by atoms with Crippen LogP contribution < -0.4 is 15.8 Å². The molecule has 9 nitrogen and oxygen atoms in total. The Hall–Kier alpha value is -3.36. The fourth-order valence-corrected chi connectivity index (χ4v) is 3.31. The summed E-state index contributed by atoms with van der Waals surface area (Å²) in [5, 5.41) is 7.21. The third kappa shape index (κ3) is 3.94. The van der Waals surface area contributed by atoms with Crippen molar-refractivity contribution >= 4 is 28.8 Å². The molecular formula is C20H26N6O3. The quantitative estimate of drug-likeness (QED) is 0.605. The van der Waals surface area contributed by atoms with Crippen LogP contribution in [0.3, 0.4) is 0 Å². The van der Waals surface area contributed by atoms with Crippen LogP contribution in [0.2, 0.25) is 0 Å². The van der Waals surface area contributed by atoms with E-state index in [1.807, 2.05) is 32.3 Å². The maximum Gasteiger partial charge on any atom is 0.276 e.